The minimum Gasteiger partial charge on any atom is -0.393 e. The van der Waals surface area contributed by atoms with Crippen LogP contribution in [0, 0.1) is 253 Å². The van der Waals surface area contributed by atoms with Gasteiger partial charge in [-0.3, -0.25) is 38.4 Å². The molecule has 24 unspecified atom stereocenters. The molecule has 9 heteroatoms. The summed E-state index contributed by atoms with van der Waals surface area (Å²) >= 11 is 0. The van der Waals surface area contributed by atoms with Gasteiger partial charge in [-0.2, -0.15) is 0 Å². The van der Waals surface area contributed by atoms with E-state index in [1.165, 1.54) is 173 Å². The maximum absolute atomic E-state index is 13.5. The van der Waals surface area contributed by atoms with Crippen molar-refractivity contribution in [2.45, 2.75) is 471 Å². The summed E-state index contributed by atoms with van der Waals surface area (Å²) in [6, 6.07) is 0. The van der Waals surface area contributed by atoms with Crippen LogP contribution in [-0.2, 0) is 38.4 Å². The Bertz CT molecular complexity index is 4440. The van der Waals surface area contributed by atoms with E-state index in [4.69, 9.17) is 0 Å². The van der Waals surface area contributed by atoms with Gasteiger partial charge in [-0.25, -0.2) is 0 Å². The smallest absolute Gasteiger partial charge is 0.140 e. The highest BCUT2D eigenvalue weighted by atomic mass is 16.3. The molecule has 20 aliphatic rings. The highest BCUT2D eigenvalue weighted by Crippen LogP contribution is 2.76. The summed E-state index contributed by atoms with van der Waals surface area (Å²) in [5.41, 5.74) is 5.25. The second-order valence-electron chi connectivity index (χ2n) is 60.8. The second kappa shape index (κ2) is 36.1. The third-order valence-corrected chi connectivity index (χ3v) is 50.9. The van der Waals surface area contributed by atoms with Crippen LogP contribution in [0.3, 0.4) is 0 Å². The molecule has 1 N–H and O–H groups in total. The van der Waals surface area contributed by atoms with Gasteiger partial charge in [0.25, 0.3) is 0 Å². The number of Topliss-reactive ketones (excluding diaryl/α,β-unsaturated/α-hetero) is 8. The Hall–Kier alpha value is -2.94. The number of hydrogen-bond donors (Lipinski definition) is 1. The predicted molar refractivity (Wildman–Crippen MR) is 547 cm³/mol. The quantitative estimate of drug-likeness (QED) is 0.265. The zero-order chi connectivity index (χ0) is 98.0. The van der Waals surface area contributed by atoms with Crippen LogP contribution in [0.25, 0.3) is 0 Å². The van der Waals surface area contributed by atoms with Gasteiger partial charge < -0.3 is 5.11 Å². The molecule has 0 spiro atoms. The van der Waals surface area contributed by atoms with Crippen molar-refractivity contribution in [3.63, 3.8) is 0 Å². The van der Waals surface area contributed by atoms with Gasteiger partial charge in [0.1, 0.15) is 46.3 Å². The third kappa shape index (κ3) is 17.2. The summed E-state index contributed by atoms with van der Waals surface area (Å²) in [6.45, 7) is 69.0. The largest absolute Gasteiger partial charge is 0.393 e. The lowest BCUT2D eigenvalue weighted by Gasteiger charge is -2.62. The van der Waals surface area contributed by atoms with Gasteiger partial charge in [0, 0.05) is 65.6 Å². The Morgan fingerprint density at radius 2 is 0.604 bits per heavy atom. The van der Waals surface area contributed by atoms with Crippen molar-refractivity contribution in [2.24, 2.45) is 253 Å². The summed E-state index contributed by atoms with van der Waals surface area (Å²) in [5.74, 6) is 19.9. The van der Waals surface area contributed by atoms with E-state index < -0.39 is 5.41 Å². The number of aliphatic hydroxyl groups excluding tert-OH is 1. The molecule has 756 valence electrons. The molecule has 0 aromatic heterocycles. The van der Waals surface area contributed by atoms with Crippen LogP contribution in [0.15, 0.2) is 11.6 Å². The topological polar surface area (TPSA) is 157 Å². The van der Waals surface area contributed by atoms with E-state index in [1.807, 2.05) is 13.8 Å². The molecule has 0 aromatic rings. The SMILES string of the molecule is CC(=O)[C@H]1CCC2C3CC(=O)C4CC(C(C)(C)C)CC[C@]4(C)C3CC[C@@]21C.CC(=O)[C@H]1CCC2C3CC=C4CC(C(C)(C)C)CC[C@]4(C)C3CC[C@@]21C.CC(=O)[C@H]1CCC2C3CCC4CC(C(C)(C)C)CC[C@]4(C)C3CC(=O)[C@@]21C.CC(=O)[C@H]1CCC2C3CCC4CC(C(C)(C)C)CC[C@]4(C)C3CC[C@@]21C.CC(=O)[C@H]1CCC2C3C[C@H](O)C4CC(C(C)(C)C)CC[C@]4(C)C3CC(=O)[C@@]21C. The number of aliphatic hydroxyl groups is 1. The van der Waals surface area contributed by atoms with E-state index in [-0.39, 0.29) is 79.7 Å². The van der Waals surface area contributed by atoms with Crippen LogP contribution in [0.1, 0.15) is 465 Å². The van der Waals surface area contributed by atoms with Crippen LogP contribution in [0.4, 0.5) is 0 Å². The number of fused-ring (bicyclic) bond motifs is 25. The normalized spacial score (nSPS) is 50.1. The Morgan fingerprint density at radius 1 is 0.276 bits per heavy atom. The fraction of sp³-hybridized carbons (Fsp3) is 0.920. The minimum atomic E-state index is -0.488. The fourth-order valence-corrected chi connectivity index (χ4v) is 42.1. The van der Waals surface area contributed by atoms with Gasteiger partial charge in [0.05, 0.1) is 6.10 Å². The maximum Gasteiger partial charge on any atom is 0.140 e. The average Bonchev–Trinajstić information content (AvgIpc) is 1.36. The number of hydrogen-bond acceptors (Lipinski definition) is 9. The number of carbonyl (C=O) groups is 8. The molecule has 0 bridgehead atoms. The lowest BCUT2D eigenvalue weighted by Crippen LogP contribution is -2.60. The van der Waals surface area contributed by atoms with Crippen molar-refractivity contribution in [2.75, 3.05) is 0 Å². The minimum absolute atomic E-state index is 0.0156. The maximum atomic E-state index is 13.5. The monoisotopic (exact) mass is 1850 g/mol. The molecule has 0 heterocycles. The molecule has 19 saturated carbocycles. The highest BCUT2D eigenvalue weighted by molar-refractivity contribution is 5.94. The summed E-state index contributed by atoms with van der Waals surface area (Å²) < 4.78 is 0. The first kappa shape index (κ1) is 104. The second-order valence-corrected chi connectivity index (χ2v) is 60.8. The third-order valence-electron chi connectivity index (χ3n) is 50.9. The van der Waals surface area contributed by atoms with E-state index >= 15 is 0 Å². The molecule has 0 aliphatic heterocycles. The van der Waals surface area contributed by atoms with Gasteiger partial charge in [-0.05, 0) is 479 Å². The summed E-state index contributed by atoms with van der Waals surface area (Å²) in [7, 11) is 0. The first-order valence-electron chi connectivity index (χ1n) is 57.5. The van der Waals surface area contributed by atoms with Gasteiger partial charge in [-0.1, -0.05) is 185 Å². The van der Waals surface area contributed by atoms with Crippen molar-refractivity contribution in [3.8, 4) is 0 Å². The van der Waals surface area contributed by atoms with Crippen LogP contribution >= 0.6 is 0 Å². The molecule has 9 nitrogen and oxygen atoms in total. The summed E-state index contributed by atoms with van der Waals surface area (Å²) in [6.07, 6.45) is 50.6. The number of allylic oxidation sites excluding steroid dienone is 2. The molecule has 0 radical (unpaired) electrons. The van der Waals surface area contributed by atoms with Gasteiger partial charge in [-0.15, -0.1) is 0 Å². The first-order valence-corrected chi connectivity index (χ1v) is 57.5. The molecule has 0 saturated heterocycles. The summed E-state index contributed by atoms with van der Waals surface area (Å²) in [4.78, 5) is 102. The van der Waals surface area contributed by atoms with Gasteiger partial charge >= 0.3 is 0 Å². The molecule has 20 rings (SSSR count). The Balaban J connectivity index is 0.000000122. The van der Waals surface area contributed by atoms with Crippen LogP contribution in [0.2, 0.25) is 0 Å². The zero-order valence-electron chi connectivity index (χ0n) is 91.9. The first-order chi connectivity index (χ1) is 62.0. The van der Waals surface area contributed by atoms with E-state index in [0.29, 0.717) is 161 Å². The number of carbonyl (C=O) groups excluding carboxylic acids is 8. The van der Waals surface area contributed by atoms with Gasteiger partial charge in [0.2, 0.25) is 0 Å². The van der Waals surface area contributed by atoms with Crippen LogP contribution in [-0.4, -0.2) is 57.5 Å². The Kier molecular flexibility index (Phi) is 28.0. The number of ketones is 8. The summed E-state index contributed by atoms with van der Waals surface area (Å²) in [5, 5.41) is 11.3. The Labute approximate surface area is 819 Å². The lowest BCUT2D eigenvalue weighted by atomic mass is 9.42. The molecular formula is C125H202O9. The van der Waals surface area contributed by atoms with Crippen molar-refractivity contribution in [3.05, 3.63) is 11.6 Å². The molecular weight excluding hydrogens is 1650 g/mol. The standard InChI is InChI=1S/C25H40O3.2C25H40O2.C25H42O.C25H40O/c1-14(26)17-7-8-18-16-12-21(27)20-11-15(23(2,3)4)9-10-24(20,5)19(16)13-22(28)25(17,18)6;1-15(26)18-7-8-19-17-14-22(27)21-13-16(23(2,3)4)9-11-25(21,6)20(17)10-12-24(18,19)5;1-15(26)19-9-10-20-18-8-7-17-13-16(23(2,3)4)11-12-24(17,5)21(18)14-22(27)25(19,20)6;2*1-16(26)20-9-10-21-19-8-7-18-15-17(23(2,3)4)11-13-24(18,5)22(19)12-14-25(20,21)6/h15-21,27H,7-13H2,1-6H3;2*16-21H,7-14H2,1-6H3;17-22H,7-15H2,1-6H3;7,17,19-22H,8-15H2,1-6H3/t15?,16?,17-,18?,19?,20?,21+,24-,25-;16?,17?,18-,19?,20?,21?,24-,25-;16?,17?,18?,19-,20?,21?,24+,25-;17?,18?,19?,20-,21?,22?,24+,25-;17?,19?,20-,21?,22?,24+,25-/m11111/s1. The fourth-order valence-electron chi connectivity index (χ4n) is 42.1. The highest BCUT2D eigenvalue weighted by Gasteiger charge is 2.71. The molecule has 19 fully saturated rings. The van der Waals surface area contributed by atoms with Gasteiger partial charge in [0.15, 0.2) is 0 Å². The average molecular weight is 1850 g/mol. The molecule has 0 aromatic carbocycles. The molecule has 134 heavy (non-hydrogen) atoms. The van der Waals surface area contributed by atoms with E-state index in [2.05, 4.69) is 179 Å². The Morgan fingerprint density at radius 3 is 1.04 bits per heavy atom. The van der Waals surface area contributed by atoms with Crippen molar-refractivity contribution in [1.29, 1.82) is 0 Å². The van der Waals surface area contributed by atoms with Crippen molar-refractivity contribution >= 4 is 46.3 Å². The zero-order valence-corrected chi connectivity index (χ0v) is 91.9. The van der Waals surface area contributed by atoms with Crippen LogP contribution < -0.4 is 0 Å². The lowest BCUT2D eigenvalue weighted by molar-refractivity contribution is -0.179. The van der Waals surface area contributed by atoms with Crippen LogP contribution in [0.5, 0.6) is 0 Å². The number of rotatable bonds is 5. The molecule has 0 amide bonds. The van der Waals surface area contributed by atoms with E-state index in [0.717, 1.165) is 142 Å². The van der Waals surface area contributed by atoms with Crippen molar-refractivity contribution in [1.82, 2.24) is 0 Å². The molecule has 40 atom stereocenters. The predicted octanol–water partition coefficient (Wildman–Crippen LogP) is 30.9. The van der Waals surface area contributed by atoms with E-state index in [9.17, 15) is 43.5 Å². The molecule has 20 aliphatic carbocycles. The van der Waals surface area contributed by atoms with E-state index in [1.54, 1.807) is 26.3 Å². The van der Waals surface area contributed by atoms with Crippen molar-refractivity contribution < 1.29 is 43.5 Å².